The first-order valence-corrected chi connectivity index (χ1v) is 11.7. The molecule has 3 aromatic rings. The molecule has 0 aliphatic heterocycles. The minimum Gasteiger partial charge on any atom is -0.351 e. The van der Waals surface area contributed by atoms with E-state index in [1.807, 2.05) is 30.3 Å². The van der Waals surface area contributed by atoms with E-state index in [0.29, 0.717) is 6.42 Å². The van der Waals surface area contributed by atoms with E-state index in [4.69, 9.17) is 23.2 Å². The van der Waals surface area contributed by atoms with Crippen LogP contribution >= 0.6 is 23.2 Å². The van der Waals surface area contributed by atoms with Gasteiger partial charge in [-0.2, -0.15) is 4.31 Å². The van der Waals surface area contributed by atoms with Gasteiger partial charge in [-0.15, -0.1) is 0 Å². The third-order valence-electron chi connectivity index (χ3n) is 4.56. The molecule has 162 valence electrons. The van der Waals surface area contributed by atoms with Gasteiger partial charge < -0.3 is 5.32 Å². The Balaban J connectivity index is 1.79. The highest BCUT2D eigenvalue weighted by atomic mass is 35.5. The Hall–Kier alpha value is -2.45. The number of aromatic nitrogens is 1. The molecule has 1 N–H and O–H groups in total. The second-order valence-electron chi connectivity index (χ2n) is 6.78. The molecule has 0 saturated heterocycles. The Morgan fingerprint density at radius 2 is 1.68 bits per heavy atom. The number of sulfonamides is 1. The maximum Gasteiger partial charge on any atom is 0.245 e. The molecule has 31 heavy (non-hydrogen) atoms. The Labute approximate surface area is 191 Å². The summed E-state index contributed by atoms with van der Waals surface area (Å²) >= 11 is 12.1. The molecule has 0 saturated carbocycles. The van der Waals surface area contributed by atoms with Crippen molar-refractivity contribution in [2.24, 2.45) is 0 Å². The number of nitrogens with zero attached hydrogens (tertiary/aromatic N) is 2. The lowest BCUT2D eigenvalue weighted by molar-refractivity contribution is -0.121. The summed E-state index contributed by atoms with van der Waals surface area (Å²) < 4.78 is 27.8. The van der Waals surface area contributed by atoms with E-state index < -0.39 is 15.9 Å². The van der Waals surface area contributed by atoms with Crippen LogP contribution < -0.4 is 5.32 Å². The first-order valence-electron chi connectivity index (χ1n) is 9.51. The smallest absolute Gasteiger partial charge is 0.245 e. The van der Waals surface area contributed by atoms with Crippen LogP contribution in [-0.4, -0.2) is 36.7 Å². The predicted octanol–water partition coefficient (Wildman–Crippen LogP) is 3.94. The van der Waals surface area contributed by atoms with E-state index in [1.54, 1.807) is 24.5 Å². The van der Waals surface area contributed by atoms with Crippen LogP contribution in [0.3, 0.4) is 0 Å². The topological polar surface area (TPSA) is 79.4 Å². The largest absolute Gasteiger partial charge is 0.351 e. The van der Waals surface area contributed by atoms with Crippen molar-refractivity contribution in [1.29, 1.82) is 0 Å². The highest BCUT2D eigenvalue weighted by Gasteiger charge is 2.28. The average molecular weight is 478 g/mol. The molecule has 0 aliphatic carbocycles. The van der Waals surface area contributed by atoms with Gasteiger partial charge in [0.2, 0.25) is 15.9 Å². The Kier molecular flexibility index (Phi) is 8.03. The summed E-state index contributed by atoms with van der Waals surface area (Å²) in [5.41, 5.74) is 1.82. The number of rotatable bonds is 9. The lowest BCUT2D eigenvalue weighted by Gasteiger charge is -2.22. The van der Waals surface area contributed by atoms with Gasteiger partial charge >= 0.3 is 0 Å². The zero-order valence-electron chi connectivity index (χ0n) is 16.5. The fourth-order valence-corrected chi connectivity index (χ4v) is 5.05. The van der Waals surface area contributed by atoms with Crippen LogP contribution in [-0.2, 0) is 27.8 Å². The molecule has 0 radical (unpaired) electrons. The molecule has 3 rings (SSSR count). The number of pyridine rings is 1. The van der Waals surface area contributed by atoms with Crippen molar-refractivity contribution < 1.29 is 13.2 Å². The van der Waals surface area contributed by atoms with Crippen molar-refractivity contribution in [3.05, 3.63) is 94.2 Å². The summed E-state index contributed by atoms with van der Waals surface area (Å²) in [4.78, 5) is 16.4. The quantitative estimate of drug-likeness (QED) is 0.506. The molecule has 0 atom stereocenters. The van der Waals surface area contributed by atoms with Gasteiger partial charge in [-0.25, -0.2) is 8.42 Å². The molecule has 0 unspecified atom stereocenters. The van der Waals surface area contributed by atoms with Gasteiger partial charge in [0.1, 0.15) is 4.90 Å². The van der Waals surface area contributed by atoms with Crippen molar-refractivity contribution >= 4 is 39.1 Å². The minimum absolute atomic E-state index is 0.0475. The fraction of sp³-hybridized carbons (Fsp3) is 0.182. The minimum atomic E-state index is -4.06. The third kappa shape index (κ3) is 6.51. The van der Waals surface area contributed by atoms with Crippen molar-refractivity contribution in [2.75, 3.05) is 13.1 Å². The first-order chi connectivity index (χ1) is 14.9. The summed E-state index contributed by atoms with van der Waals surface area (Å²) in [5.74, 6) is -0.424. The van der Waals surface area contributed by atoms with Crippen LogP contribution in [0.5, 0.6) is 0 Å². The summed E-state index contributed by atoms with van der Waals surface area (Å²) in [6.45, 7) is 0.0345. The van der Waals surface area contributed by atoms with Crippen molar-refractivity contribution in [1.82, 2.24) is 14.6 Å². The lowest BCUT2D eigenvalue weighted by Crippen LogP contribution is -2.41. The van der Waals surface area contributed by atoms with Gasteiger partial charge in [-0.3, -0.25) is 9.78 Å². The summed E-state index contributed by atoms with van der Waals surface area (Å²) in [5, 5.41) is 3.04. The van der Waals surface area contributed by atoms with E-state index in [-0.39, 0.29) is 34.6 Å². The predicted molar refractivity (Wildman–Crippen MR) is 121 cm³/mol. The SMILES string of the molecule is O=C(CN(CCc1ccccc1)S(=O)(=O)c1cc(Cl)ccc1Cl)NCc1ccncc1. The van der Waals surface area contributed by atoms with E-state index in [0.717, 1.165) is 15.4 Å². The van der Waals surface area contributed by atoms with Crippen LogP contribution in [0.15, 0.2) is 78.0 Å². The standard InChI is InChI=1S/C22H21Cl2N3O3S/c23-19-6-7-20(24)21(14-19)31(29,30)27(13-10-17-4-2-1-3-5-17)16-22(28)26-15-18-8-11-25-12-9-18/h1-9,11-12,14H,10,13,15-16H2,(H,26,28). The van der Waals surface area contributed by atoms with Crippen LogP contribution in [0.1, 0.15) is 11.1 Å². The molecule has 2 aromatic carbocycles. The number of carbonyl (C=O) groups is 1. The molecular formula is C22H21Cl2N3O3S. The van der Waals surface area contributed by atoms with Crippen molar-refractivity contribution in [2.45, 2.75) is 17.9 Å². The second-order valence-corrected chi connectivity index (χ2v) is 9.53. The van der Waals surface area contributed by atoms with Gasteiger partial charge in [-0.1, -0.05) is 53.5 Å². The third-order valence-corrected chi connectivity index (χ3v) is 7.12. The molecular weight excluding hydrogens is 457 g/mol. The van der Waals surface area contributed by atoms with Gasteiger partial charge in [0.05, 0.1) is 11.6 Å². The Morgan fingerprint density at radius 3 is 2.39 bits per heavy atom. The monoisotopic (exact) mass is 477 g/mol. The number of halogens is 2. The number of hydrogen-bond donors (Lipinski definition) is 1. The normalized spacial score (nSPS) is 11.5. The average Bonchev–Trinajstić information content (AvgIpc) is 2.78. The van der Waals surface area contributed by atoms with Crippen LogP contribution in [0.25, 0.3) is 0 Å². The first kappa shape index (κ1) is 23.2. The highest BCUT2D eigenvalue weighted by Crippen LogP contribution is 2.28. The van der Waals surface area contributed by atoms with Gasteiger partial charge in [-0.05, 0) is 47.9 Å². The number of nitrogens with one attached hydrogen (secondary N) is 1. The second kappa shape index (κ2) is 10.7. The van der Waals surface area contributed by atoms with Crippen LogP contribution in [0.4, 0.5) is 0 Å². The van der Waals surface area contributed by atoms with Gasteiger partial charge in [0.25, 0.3) is 0 Å². The van der Waals surface area contributed by atoms with E-state index in [1.165, 1.54) is 18.2 Å². The molecule has 0 spiro atoms. The van der Waals surface area contributed by atoms with Crippen molar-refractivity contribution in [3.63, 3.8) is 0 Å². The lowest BCUT2D eigenvalue weighted by atomic mass is 10.1. The van der Waals surface area contributed by atoms with Crippen molar-refractivity contribution in [3.8, 4) is 0 Å². The zero-order chi connectivity index (χ0) is 22.3. The molecule has 9 heteroatoms. The van der Waals surface area contributed by atoms with E-state index >= 15 is 0 Å². The zero-order valence-corrected chi connectivity index (χ0v) is 18.9. The fourth-order valence-electron chi connectivity index (χ4n) is 2.91. The van der Waals surface area contributed by atoms with E-state index in [9.17, 15) is 13.2 Å². The molecule has 1 aromatic heterocycles. The van der Waals surface area contributed by atoms with Crippen LogP contribution in [0, 0.1) is 0 Å². The van der Waals surface area contributed by atoms with E-state index in [2.05, 4.69) is 10.3 Å². The van der Waals surface area contributed by atoms with Gasteiger partial charge in [0, 0.05) is 30.5 Å². The number of hydrogen-bond acceptors (Lipinski definition) is 4. The summed E-state index contributed by atoms with van der Waals surface area (Å²) in [6.07, 6.45) is 3.69. The summed E-state index contributed by atoms with van der Waals surface area (Å²) in [7, 11) is -4.06. The number of amides is 1. The Morgan fingerprint density at radius 1 is 0.968 bits per heavy atom. The maximum absolute atomic E-state index is 13.3. The number of benzene rings is 2. The molecule has 1 amide bonds. The van der Waals surface area contributed by atoms with Gasteiger partial charge in [0.15, 0.2) is 0 Å². The van der Waals surface area contributed by atoms with Crippen LogP contribution in [0.2, 0.25) is 10.0 Å². The molecule has 6 nitrogen and oxygen atoms in total. The highest BCUT2D eigenvalue weighted by molar-refractivity contribution is 7.89. The molecule has 1 heterocycles. The molecule has 0 aliphatic rings. The summed E-state index contributed by atoms with van der Waals surface area (Å²) in [6, 6.07) is 17.2. The Bertz CT molecular complexity index is 1130. The maximum atomic E-state index is 13.3. The molecule has 0 fully saturated rings. The number of carbonyl (C=O) groups excluding carboxylic acids is 1. The molecule has 0 bridgehead atoms.